The van der Waals surface area contributed by atoms with Crippen molar-refractivity contribution in [2.75, 3.05) is 0 Å². The minimum absolute atomic E-state index is 0.419. The van der Waals surface area contributed by atoms with Crippen molar-refractivity contribution in [2.45, 2.75) is 56.0 Å². The Morgan fingerprint density at radius 3 is 2.24 bits per heavy atom. The lowest BCUT2D eigenvalue weighted by atomic mass is 9.76. The van der Waals surface area contributed by atoms with E-state index < -0.39 is 11.1 Å². The largest absolute Gasteiger partial charge is 0.235 e. The van der Waals surface area contributed by atoms with E-state index >= 15 is 0 Å². The molecule has 3 fully saturated rings. The van der Waals surface area contributed by atoms with Crippen LogP contribution < -0.4 is 0 Å². The Morgan fingerprint density at radius 2 is 1.53 bits per heavy atom. The molecule has 0 aliphatic heterocycles. The Labute approximate surface area is 100 Å². The molecule has 4 unspecified atom stereocenters. The van der Waals surface area contributed by atoms with Crippen LogP contribution in [0, 0.1) is 11.8 Å². The van der Waals surface area contributed by atoms with E-state index in [1.54, 1.807) is 12.2 Å². The number of carbonyl (C=O) groups excluding carboxylic acids is 2. The van der Waals surface area contributed by atoms with Crippen molar-refractivity contribution in [3.63, 3.8) is 0 Å². The summed E-state index contributed by atoms with van der Waals surface area (Å²) in [6.45, 7) is 0. The van der Waals surface area contributed by atoms with E-state index in [1.807, 2.05) is 0 Å². The van der Waals surface area contributed by atoms with Gasteiger partial charge in [0.1, 0.15) is 11.1 Å². The van der Waals surface area contributed by atoms with Crippen molar-refractivity contribution in [1.29, 1.82) is 0 Å². The average Bonchev–Trinajstić information content (AvgIpc) is 2.64. The maximum Gasteiger partial charge on any atom is 0.235 e. The molecule has 3 aliphatic rings. The molecule has 0 saturated heterocycles. The van der Waals surface area contributed by atoms with Crippen LogP contribution in [0.4, 0.5) is 0 Å². The molecule has 0 aromatic carbocycles. The van der Waals surface area contributed by atoms with Gasteiger partial charge in [-0.15, -0.1) is 0 Å². The predicted molar refractivity (Wildman–Crippen MR) is 61.0 cm³/mol. The Hall–Kier alpha value is -1.24. The van der Waals surface area contributed by atoms with Gasteiger partial charge in [0.15, 0.2) is 0 Å². The van der Waals surface area contributed by atoms with E-state index in [-0.39, 0.29) is 0 Å². The fourth-order valence-electron chi connectivity index (χ4n) is 4.83. The van der Waals surface area contributed by atoms with Gasteiger partial charge >= 0.3 is 0 Å². The van der Waals surface area contributed by atoms with Gasteiger partial charge in [0, 0.05) is 0 Å². The lowest BCUT2D eigenvalue weighted by Gasteiger charge is -2.36. The van der Waals surface area contributed by atoms with E-state index in [2.05, 4.69) is 9.98 Å². The van der Waals surface area contributed by atoms with Crippen LogP contribution in [0.2, 0.25) is 0 Å². The molecule has 0 aromatic rings. The van der Waals surface area contributed by atoms with Crippen molar-refractivity contribution in [1.82, 2.24) is 0 Å². The predicted octanol–water partition coefficient (Wildman–Crippen LogP) is 2.14. The molecule has 0 N–H and O–H groups in total. The number of hydrogen-bond acceptors (Lipinski definition) is 4. The molecule has 0 aromatic heterocycles. The summed E-state index contributed by atoms with van der Waals surface area (Å²) in [6, 6.07) is 0. The standard InChI is InChI=1S/C13H16N2O2/c16-8-14-12-5-2-1-3-10-7-11(12)4-6-13(10,12)15-9-17/h10-11H,1-7H2. The summed E-state index contributed by atoms with van der Waals surface area (Å²) < 4.78 is 0. The van der Waals surface area contributed by atoms with Crippen LogP contribution >= 0.6 is 0 Å². The molecule has 90 valence electrons. The number of rotatable bonds is 2. The Morgan fingerprint density at radius 1 is 0.882 bits per heavy atom. The number of aliphatic imine (C=N–C) groups is 2. The van der Waals surface area contributed by atoms with Gasteiger partial charge in [0.05, 0.1) is 0 Å². The lowest BCUT2D eigenvalue weighted by molar-refractivity contribution is 0.230. The molecule has 3 rings (SSSR count). The van der Waals surface area contributed by atoms with Crippen molar-refractivity contribution >= 4 is 12.2 Å². The van der Waals surface area contributed by atoms with Crippen LogP contribution in [-0.4, -0.2) is 23.2 Å². The third-order valence-electron chi connectivity index (χ3n) is 5.39. The number of nitrogens with zero attached hydrogens (tertiary/aromatic N) is 2. The average molecular weight is 232 g/mol. The summed E-state index contributed by atoms with van der Waals surface area (Å²) in [5, 5.41) is 0. The Bertz CT molecular complexity index is 419. The molecule has 4 heteroatoms. The Balaban J connectivity index is 2.19. The second-order valence-corrected chi connectivity index (χ2v) is 5.67. The highest BCUT2D eigenvalue weighted by Gasteiger charge is 2.70. The normalized spacial score (nSPS) is 46.8. The minimum atomic E-state index is -0.423. The third kappa shape index (κ3) is 1.15. The number of hydrogen-bond donors (Lipinski definition) is 0. The van der Waals surface area contributed by atoms with Gasteiger partial charge in [0.2, 0.25) is 12.2 Å². The smallest absolute Gasteiger partial charge is 0.211 e. The molecule has 0 heterocycles. The topological polar surface area (TPSA) is 58.9 Å². The van der Waals surface area contributed by atoms with Gasteiger partial charge in [-0.3, -0.25) is 0 Å². The van der Waals surface area contributed by atoms with E-state index in [0.29, 0.717) is 11.8 Å². The minimum Gasteiger partial charge on any atom is -0.211 e. The molecule has 0 radical (unpaired) electrons. The second kappa shape index (κ2) is 3.63. The quantitative estimate of drug-likeness (QED) is 0.541. The van der Waals surface area contributed by atoms with Gasteiger partial charge in [-0.2, -0.15) is 9.98 Å². The van der Waals surface area contributed by atoms with Gasteiger partial charge in [-0.1, -0.05) is 12.8 Å². The SMILES string of the molecule is O=C=NC12CCCCC3CC1CCC32N=C=O. The zero-order valence-electron chi connectivity index (χ0n) is 9.82. The van der Waals surface area contributed by atoms with E-state index in [4.69, 9.17) is 0 Å². The summed E-state index contributed by atoms with van der Waals surface area (Å²) in [5.74, 6) is 0.841. The first-order valence-corrected chi connectivity index (χ1v) is 6.47. The first-order valence-electron chi connectivity index (χ1n) is 6.47. The molecular weight excluding hydrogens is 216 g/mol. The summed E-state index contributed by atoms with van der Waals surface area (Å²) in [7, 11) is 0. The zero-order chi connectivity index (χ0) is 11.9. The highest BCUT2D eigenvalue weighted by molar-refractivity contribution is 5.44. The fourth-order valence-corrected chi connectivity index (χ4v) is 4.83. The summed E-state index contributed by atoms with van der Waals surface area (Å²) in [4.78, 5) is 29.9. The fraction of sp³-hybridized carbons (Fsp3) is 0.846. The van der Waals surface area contributed by atoms with Crippen molar-refractivity contribution in [3.8, 4) is 0 Å². The van der Waals surface area contributed by atoms with E-state index in [0.717, 1.165) is 44.9 Å². The van der Waals surface area contributed by atoms with Crippen molar-refractivity contribution in [2.24, 2.45) is 21.8 Å². The van der Waals surface area contributed by atoms with Crippen LogP contribution in [0.15, 0.2) is 9.98 Å². The third-order valence-corrected chi connectivity index (χ3v) is 5.39. The van der Waals surface area contributed by atoms with Crippen LogP contribution in [-0.2, 0) is 9.59 Å². The molecule has 4 bridgehead atoms. The first-order chi connectivity index (χ1) is 8.29. The highest BCUT2D eigenvalue weighted by Crippen LogP contribution is 2.65. The molecule has 0 spiro atoms. The molecular formula is C13H16N2O2. The van der Waals surface area contributed by atoms with Crippen molar-refractivity contribution in [3.05, 3.63) is 0 Å². The molecule has 17 heavy (non-hydrogen) atoms. The van der Waals surface area contributed by atoms with E-state index in [1.165, 1.54) is 0 Å². The molecule has 3 aliphatic carbocycles. The summed E-state index contributed by atoms with van der Waals surface area (Å²) >= 11 is 0. The lowest BCUT2D eigenvalue weighted by Crippen LogP contribution is -2.48. The van der Waals surface area contributed by atoms with Crippen LogP contribution in [0.3, 0.4) is 0 Å². The Kier molecular flexibility index (Phi) is 2.32. The molecule has 4 nitrogen and oxygen atoms in total. The van der Waals surface area contributed by atoms with E-state index in [9.17, 15) is 9.59 Å². The summed E-state index contributed by atoms with van der Waals surface area (Å²) in [5.41, 5.74) is -0.847. The zero-order valence-corrected chi connectivity index (χ0v) is 9.82. The first kappa shape index (κ1) is 10.9. The second-order valence-electron chi connectivity index (χ2n) is 5.67. The monoisotopic (exact) mass is 232 g/mol. The van der Waals surface area contributed by atoms with Gasteiger partial charge in [0.25, 0.3) is 0 Å². The molecule has 4 atom stereocenters. The highest BCUT2D eigenvalue weighted by atomic mass is 16.1. The van der Waals surface area contributed by atoms with Gasteiger partial charge < -0.3 is 0 Å². The maximum atomic E-state index is 10.8. The van der Waals surface area contributed by atoms with Crippen LogP contribution in [0.25, 0.3) is 0 Å². The maximum absolute atomic E-state index is 10.8. The summed E-state index contributed by atoms with van der Waals surface area (Å²) in [6.07, 6.45) is 10.7. The van der Waals surface area contributed by atoms with Gasteiger partial charge in [-0.05, 0) is 43.9 Å². The molecule has 3 saturated carbocycles. The van der Waals surface area contributed by atoms with Crippen molar-refractivity contribution < 1.29 is 9.59 Å². The van der Waals surface area contributed by atoms with Crippen LogP contribution in [0.1, 0.15) is 44.9 Å². The van der Waals surface area contributed by atoms with Crippen LogP contribution in [0.5, 0.6) is 0 Å². The molecule has 0 amide bonds. The van der Waals surface area contributed by atoms with Gasteiger partial charge in [-0.25, -0.2) is 9.59 Å². The number of isocyanates is 2.